The molecule has 4 nitrogen and oxygen atoms in total. The third-order valence-electron chi connectivity index (χ3n) is 3.72. The number of nitrogens with zero attached hydrogens (tertiary/aromatic N) is 1. The molecule has 20 heavy (non-hydrogen) atoms. The van der Waals surface area contributed by atoms with Crippen molar-refractivity contribution in [2.75, 3.05) is 0 Å². The Bertz CT molecular complexity index is 489. The van der Waals surface area contributed by atoms with Crippen molar-refractivity contribution in [3.05, 3.63) is 18.1 Å². The summed E-state index contributed by atoms with van der Waals surface area (Å²) < 4.78 is 31.2. The van der Waals surface area contributed by atoms with Gasteiger partial charge in [0.2, 0.25) is 5.88 Å². The van der Waals surface area contributed by atoms with Crippen LogP contribution in [0.25, 0.3) is 0 Å². The van der Waals surface area contributed by atoms with Crippen molar-refractivity contribution in [2.45, 2.75) is 58.8 Å². The van der Waals surface area contributed by atoms with Crippen LogP contribution in [0.3, 0.4) is 0 Å². The van der Waals surface area contributed by atoms with E-state index in [9.17, 15) is 4.39 Å². The van der Waals surface area contributed by atoms with Gasteiger partial charge in [-0.25, -0.2) is 9.37 Å². The van der Waals surface area contributed by atoms with Gasteiger partial charge in [0.25, 0.3) is 0 Å². The monoisotopic (exact) mass is 281 g/mol. The molecule has 0 amide bonds. The van der Waals surface area contributed by atoms with E-state index < -0.39 is 24.1 Å². The van der Waals surface area contributed by atoms with Gasteiger partial charge in [-0.05, 0) is 41.5 Å². The summed E-state index contributed by atoms with van der Waals surface area (Å²) in [5.74, 6) is -0.174. The Balaban J connectivity index is 2.23. The molecule has 2 rings (SSSR count). The number of halogens is 1. The van der Waals surface area contributed by atoms with Crippen LogP contribution in [0.5, 0.6) is 5.88 Å². The van der Waals surface area contributed by atoms with Gasteiger partial charge in [-0.1, -0.05) is 0 Å². The van der Waals surface area contributed by atoms with E-state index in [4.69, 9.17) is 14.0 Å². The first-order chi connectivity index (χ1) is 9.12. The maximum Gasteiger partial charge on any atom is 0.499 e. The summed E-state index contributed by atoms with van der Waals surface area (Å²) in [4.78, 5) is 4.10. The highest BCUT2D eigenvalue weighted by molar-refractivity contribution is 6.62. The molecule has 1 aromatic heterocycles. The molecule has 110 valence electrons. The van der Waals surface area contributed by atoms with Gasteiger partial charge in [-0.2, -0.15) is 0 Å². The zero-order chi connectivity index (χ0) is 15.1. The first-order valence-electron chi connectivity index (χ1n) is 6.80. The molecule has 1 aliphatic heterocycles. The second-order valence-electron chi connectivity index (χ2n) is 6.30. The van der Waals surface area contributed by atoms with E-state index in [1.54, 1.807) is 0 Å². The van der Waals surface area contributed by atoms with E-state index in [1.165, 1.54) is 12.3 Å². The van der Waals surface area contributed by atoms with E-state index in [2.05, 4.69) is 4.98 Å². The van der Waals surface area contributed by atoms with E-state index in [0.717, 1.165) is 0 Å². The number of hydrogen-bond acceptors (Lipinski definition) is 4. The number of aromatic nitrogens is 1. The number of rotatable bonds is 3. The summed E-state index contributed by atoms with van der Waals surface area (Å²) in [5, 5.41) is 0. The van der Waals surface area contributed by atoms with Crippen molar-refractivity contribution in [3.8, 4) is 5.88 Å². The van der Waals surface area contributed by atoms with Crippen LogP contribution in [0.1, 0.15) is 41.5 Å². The number of ether oxygens (including phenoxy) is 1. The van der Waals surface area contributed by atoms with Gasteiger partial charge >= 0.3 is 7.12 Å². The molecule has 0 aliphatic carbocycles. The largest absolute Gasteiger partial charge is 0.499 e. The molecule has 1 fully saturated rings. The van der Waals surface area contributed by atoms with Gasteiger partial charge in [0.15, 0.2) is 0 Å². The minimum Gasteiger partial charge on any atom is -0.475 e. The fraction of sp³-hybridized carbons (Fsp3) is 0.643. The predicted molar refractivity (Wildman–Crippen MR) is 75.7 cm³/mol. The summed E-state index contributed by atoms with van der Waals surface area (Å²) in [6.45, 7) is 11.4. The van der Waals surface area contributed by atoms with Crippen molar-refractivity contribution in [3.63, 3.8) is 0 Å². The first kappa shape index (κ1) is 15.3. The van der Waals surface area contributed by atoms with Crippen LogP contribution in [0.4, 0.5) is 4.39 Å². The summed E-state index contributed by atoms with van der Waals surface area (Å²) >= 11 is 0. The van der Waals surface area contributed by atoms with Gasteiger partial charge < -0.3 is 14.0 Å². The molecule has 0 saturated carbocycles. The van der Waals surface area contributed by atoms with Crippen LogP contribution in [0, 0.1) is 5.82 Å². The molecule has 0 spiro atoms. The molecule has 1 saturated heterocycles. The number of hydrogen-bond donors (Lipinski definition) is 0. The van der Waals surface area contributed by atoms with Crippen LogP contribution in [-0.2, 0) is 9.31 Å². The van der Waals surface area contributed by atoms with Crippen LogP contribution < -0.4 is 10.2 Å². The van der Waals surface area contributed by atoms with Crippen molar-refractivity contribution in [2.24, 2.45) is 0 Å². The third-order valence-corrected chi connectivity index (χ3v) is 3.72. The summed E-state index contributed by atoms with van der Waals surface area (Å²) in [7, 11) is -0.749. The molecule has 0 N–H and O–H groups in total. The fourth-order valence-electron chi connectivity index (χ4n) is 1.87. The molecule has 0 aromatic carbocycles. The summed E-state index contributed by atoms with van der Waals surface area (Å²) in [5.41, 5.74) is -0.714. The minimum absolute atomic E-state index is 0.0513. The Morgan fingerprint density at radius 1 is 1.20 bits per heavy atom. The van der Waals surface area contributed by atoms with E-state index in [0.29, 0.717) is 5.46 Å². The second kappa shape index (κ2) is 5.00. The normalized spacial score (nSPS) is 20.5. The third kappa shape index (κ3) is 2.81. The van der Waals surface area contributed by atoms with Gasteiger partial charge in [0.05, 0.1) is 17.3 Å². The molecule has 0 unspecified atom stereocenters. The Morgan fingerprint density at radius 3 is 2.20 bits per heavy atom. The van der Waals surface area contributed by atoms with E-state index >= 15 is 0 Å². The standard InChI is InChI=1S/C14H21BFNO3/c1-9(2)18-12-7-11(16)10(8-17-12)15-19-13(3,4)14(5,6)20-15/h7-9H,1-6H3. The van der Waals surface area contributed by atoms with Crippen LogP contribution >= 0.6 is 0 Å². The lowest BCUT2D eigenvalue weighted by Crippen LogP contribution is -2.41. The van der Waals surface area contributed by atoms with Crippen molar-refractivity contribution >= 4 is 12.6 Å². The molecule has 6 heteroatoms. The highest BCUT2D eigenvalue weighted by Gasteiger charge is 2.52. The molecule has 2 heterocycles. The first-order valence-corrected chi connectivity index (χ1v) is 6.80. The summed E-state index contributed by atoms with van der Waals surface area (Å²) in [6, 6.07) is 1.26. The van der Waals surface area contributed by atoms with Gasteiger partial charge in [0, 0.05) is 17.7 Å². The zero-order valence-electron chi connectivity index (χ0n) is 12.9. The molecule has 0 atom stereocenters. The fourth-order valence-corrected chi connectivity index (χ4v) is 1.87. The molecular weight excluding hydrogens is 260 g/mol. The Labute approximate surface area is 119 Å². The molecule has 1 aromatic rings. The van der Waals surface area contributed by atoms with Crippen LogP contribution in [-0.4, -0.2) is 29.4 Å². The Kier molecular flexibility index (Phi) is 3.82. The maximum absolute atomic E-state index is 14.2. The smallest absolute Gasteiger partial charge is 0.475 e. The van der Waals surface area contributed by atoms with E-state index in [-0.39, 0.29) is 12.0 Å². The summed E-state index contributed by atoms with van der Waals surface area (Å²) in [6.07, 6.45) is 1.36. The van der Waals surface area contributed by atoms with Gasteiger partial charge in [0.1, 0.15) is 5.82 Å². The lowest BCUT2D eigenvalue weighted by molar-refractivity contribution is 0.00578. The van der Waals surface area contributed by atoms with Crippen molar-refractivity contribution in [1.29, 1.82) is 0 Å². The maximum atomic E-state index is 14.2. The minimum atomic E-state index is -0.749. The number of pyridine rings is 1. The van der Waals surface area contributed by atoms with Crippen molar-refractivity contribution < 1.29 is 18.4 Å². The topological polar surface area (TPSA) is 40.6 Å². The Hall–Kier alpha value is -1.14. The predicted octanol–water partition coefficient (Wildman–Crippen LogP) is 2.31. The quantitative estimate of drug-likeness (QED) is 0.797. The molecule has 0 bridgehead atoms. The van der Waals surface area contributed by atoms with Gasteiger partial charge in [-0.3, -0.25) is 0 Å². The van der Waals surface area contributed by atoms with E-state index in [1.807, 2.05) is 41.5 Å². The molecular formula is C14H21BFNO3. The van der Waals surface area contributed by atoms with Gasteiger partial charge in [-0.15, -0.1) is 0 Å². The SMILES string of the molecule is CC(C)Oc1cc(F)c(B2OC(C)(C)C(C)(C)O2)cn1. The molecule has 0 radical (unpaired) electrons. The highest BCUT2D eigenvalue weighted by Crippen LogP contribution is 2.36. The Morgan fingerprint density at radius 2 is 1.75 bits per heavy atom. The average molecular weight is 281 g/mol. The van der Waals surface area contributed by atoms with Crippen LogP contribution in [0.15, 0.2) is 12.3 Å². The zero-order valence-corrected chi connectivity index (χ0v) is 12.9. The van der Waals surface area contributed by atoms with Crippen molar-refractivity contribution in [1.82, 2.24) is 4.98 Å². The second-order valence-corrected chi connectivity index (χ2v) is 6.30. The average Bonchev–Trinajstić information content (AvgIpc) is 2.46. The van der Waals surface area contributed by atoms with Crippen LogP contribution in [0.2, 0.25) is 0 Å². The highest BCUT2D eigenvalue weighted by atomic mass is 19.1. The lowest BCUT2D eigenvalue weighted by atomic mass is 9.80. The molecule has 1 aliphatic rings. The lowest BCUT2D eigenvalue weighted by Gasteiger charge is -2.32.